The van der Waals surface area contributed by atoms with E-state index in [1.807, 2.05) is 7.11 Å². The van der Waals surface area contributed by atoms with Crippen molar-refractivity contribution < 1.29 is 4.74 Å². The number of methoxy groups -OCH3 is 1. The Hall–Kier alpha value is -0.120. The molecule has 2 N–H and O–H groups in total. The molecule has 0 aromatic heterocycles. The van der Waals surface area contributed by atoms with Crippen molar-refractivity contribution >= 4 is 0 Å². The van der Waals surface area contributed by atoms with Gasteiger partial charge in [0.25, 0.3) is 0 Å². The lowest BCUT2D eigenvalue weighted by atomic mass is 9.98. The molecule has 0 aromatic rings. The van der Waals surface area contributed by atoms with Gasteiger partial charge in [-0.05, 0) is 44.7 Å². The Balaban J connectivity index is 1.91. The summed E-state index contributed by atoms with van der Waals surface area (Å²) in [6.07, 6.45) is 7.01. The maximum absolute atomic E-state index is 5.84. The Labute approximate surface area is 93.0 Å². The summed E-state index contributed by atoms with van der Waals surface area (Å²) in [5.74, 6) is 0.737. The molecule has 0 radical (unpaired) electrons. The standard InChI is InChI=1S/C12H24N2O/c1-15-11-5-3-7-14(9-11)12-6-2-4-10(12)8-13/h10-12H,2-9,13H2,1H3. The molecule has 3 nitrogen and oxygen atoms in total. The van der Waals surface area contributed by atoms with Gasteiger partial charge in [-0.2, -0.15) is 0 Å². The summed E-state index contributed by atoms with van der Waals surface area (Å²) in [5.41, 5.74) is 5.84. The third-order valence-corrected chi connectivity index (χ3v) is 4.13. The van der Waals surface area contributed by atoms with Gasteiger partial charge in [-0.25, -0.2) is 0 Å². The van der Waals surface area contributed by atoms with Gasteiger partial charge in [0.2, 0.25) is 0 Å². The fourth-order valence-electron chi connectivity index (χ4n) is 3.23. The van der Waals surface area contributed by atoms with Crippen molar-refractivity contribution in [2.45, 2.75) is 44.2 Å². The van der Waals surface area contributed by atoms with Crippen LogP contribution in [0.4, 0.5) is 0 Å². The summed E-state index contributed by atoms with van der Waals surface area (Å²) in [4.78, 5) is 2.63. The van der Waals surface area contributed by atoms with Crippen LogP contribution in [0.2, 0.25) is 0 Å². The van der Waals surface area contributed by atoms with E-state index in [1.165, 1.54) is 38.6 Å². The van der Waals surface area contributed by atoms with Gasteiger partial charge in [-0.3, -0.25) is 4.90 Å². The van der Waals surface area contributed by atoms with Crippen LogP contribution in [0.15, 0.2) is 0 Å². The first-order chi connectivity index (χ1) is 7.35. The minimum atomic E-state index is 0.456. The van der Waals surface area contributed by atoms with E-state index in [2.05, 4.69) is 4.90 Å². The van der Waals surface area contributed by atoms with Crippen LogP contribution < -0.4 is 5.73 Å². The molecule has 0 spiro atoms. The van der Waals surface area contributed by atoms with Crippen molar-refractivity contribution in [2.24, 2.45) is 11.7 Å². The fourth-order valence-corrected chi connectivity index (χ4v) is 3.23. The molecule has 1 saturated heterocycles. The zero-order valence-corrected chi connectivity index (χ0v) is 9.82. The van der Waals surface area contributed by atoms with Crippen molar-refractivity contribution in [3.63, 3.8) is 0 Å². The minimum Gasteiger partial charge on any atom is -0.380 e. The first-order valence-electron chi connectivity index (χ1n) is 6.32. The second-order valence-electron chi connectivity index (χ2n) is 4.99. The highest BCUT2D eigenvalue weighted by atomic mass is 16.5. The van der Waals surface area contributed by atoms with Crippen LogP contribution in [0.1, 0.15) is 32.1 Å². The number of nitrogens with two attached hydrogens (primary N) is 1. The highest BCUT2D eigenvalue weighted by Crippen LogP contribution is 2.31. The Kier molecular flexibility index (Phi) is 4.00. The number of likely N-dealkylation sites (tertiary alicyclic amines) is 1. The number of piperidine rings is 1. The van der Waals surface area contributed by atoms with E-state index >= 15 is 0 Å². The van der Waals surface area contributed by atoms with Gasteiger partial charge in [0.1, 0.15) is 0 Å². The molecule has 2 fully saturated rings. The smallest absolute Gasteiger partial charge is 0.0698 e. The maximum Gasteiger partial charge on any atom is 0.0698 e. The van der Waals surface area contributed by atoms with E-state index < -0.39 is 0 Å². The molecule has 3 unspecified atom stereocenters. The summed E-state index contributed by atoms with van der Waals surface area (Å²) in [6, 6.07) is 0.743. The summed E-state index contributed by atoms with van der Waals surface area (Å²) in [7, 11) is 1.84. The van der Waals surface area contributed by atoms with Gasteiger partial charge >= 0.3 is 0 Å². The molecule has 1 aliphatic heterocycles. The van der Waals surface area contributed by atoms with Crippen LogP contribution >= 0.6 is 0 Å². The highest BCUT2D eigenvalue weighted by Gasteiger charge is 2.33. The van der Waals surface area contributed by atoms with Crippen molar-refractivity contribution in [1.82, 2.24) is 4.90 Å². The molecule has 88 valence electrons. The van der Waals surface area contributed by atoms with Gasteiger partial charge in [0, 0.05) is 19.7 Å². The van der Waals surface area contributed by atoms with E-state index in [9.17, 15) is 0 Å². The van der Waals surface area contributed by atoms with Crippen molar-refractivity contribution in [3.8, 4) is 0 Å². The molecule has 15 heavy (non-hydrogen) atoms. The summed E-state index contributed by atoms with van der Waals surface area (Å²) >= 11 is 0. The summed E-state index contributed by atoms with van der Waals surface area (Å²) in [5, 5.41) is 0. The minimum absolute atomic E-state index is 0.456. The van der Waals surface area contributed by atoms with Crippen molar-refractivity contribution in [3.05, 3.63) is 0 Å². The van der Waals surface area contributed by atoms with E-state index in [1.54, 1.807) is 0 Å². The van der Waals surface area contributed by atoms with E-state index in [-0.39, 0.29) is 0 Å². The predicted molar refractivity (Wildman–Crippen MR) is 61.8 cm³/mol. The quantitative estimate of drug-likeness (QED) is 0.764. The lowest BCUT2D eigenvalue weighted by molar-refractivity contribution is 0.00812. The first-order valence-corrected chi connectivity index (χ1v) is 6.32. The maximum atomic E-state index is 5.84. The Bertz CT molecular complexity index is 198. The molecule has 0 bridgehead atoms. The fraction of sp³-hybridized carbons (Fsp3) is 1.00. The van der Waals surface area contributed by atoms with Gasteiger partial charge in [0.15, 0.2) is 0 Å². The molecule has 1 aliphatic carbocycles. The average Bonchev–Trinajstić information content (AvgIpc) is 2.77. The lowest BCUT2D eigenvalue weighted by Crippen LogP contribution is -2.47. The van der Waals surface area contributed by atoms with Gasteiger partial charge in [-0.1, -0.05) is 6.42 Å². The van der Waals surface area contributed by atoms with E-state index in [4.69, 9.17) is 10.5 Å². The van der Waals surface area contributed by atoms with Crippen LogP contribution in [0.5, 0.6) is 0 Å². The number of hydrogen-bond donors (Lipinski definition) is 1. The Morgan fingerprint density at radius 2 is 2.13 bits per heavy atom. The molecule has 1 heterocycles. The summed E-state index contributed by atoms with van der Waals surface area (Å²) < 4.78 is 5.48. The molecule has 0 amide bonds. The van der Waals surface area contributed by atoms with Gasteiger partial charge in [-0.15, -0.1) is 0 Å². The molecule has 1 saturated carbocycles. The average molecular weight is 212 g/mol. The van der Waals surface area contributed by atoms with Crippen LogP contribution in [-0.2, 0) is 4.74 Å². The Morgan fingerprint density at radius 3 is 2.87 bits per heavy atom. The third-order valence-electron chi connectivity index (χ3n) is 4.13. The van der Waals surface area contributed by atoms with Crippen LogP contribution in [0.25, 0.3) is 0 Å². The van der Waals surface area contributed by atoms with Crippen molar-refractivity contribution in [1.29, 1.82) is 0 Å². The molecular formula is C12H24N2O. The zero-order chi connectivity index (χ0) is 10.7. The zero-order valence-electron chi connectivity index (χ0n) is 9.82. The monoisotopic (exact) mass is 212 g/mol. The van der Waals surface area contributed by atoms with Crippen LogP contribution in [0, 0.1) is 5.92 Å². The van der Waals surface area contributed by atoms with Crippen LogP contribution in [-0.4, -0.2) is 43.8 Å². The number of hydrogen-bond acceptors (Lipinski definition) is 3. The summed E-state index contributed by atoms with van der Waals surface area (Å²) in [6.45, 7) is 3.23. The normalized spacial score (nSPS) is 38.4. The molecule has 3 atom stereocenters. The van der Waals surface area contributed by atoms with Crippen LogP contribution in [0.3, 0.4) is 0 Å². The first kappa shape index (κ1) is 11.4. The highest BCUT2D eigenvalue weighted by molar-refractivity contribution is 4.88. The molecule has 2 rings (SSSR count). The van der Waals surface area contributed by atoms with Gasteiger partial charge < -0.3 is 10.5 Å². The Morgan fingerprint density at radius 1 is 1.27 bits per heavy atom. The van der Waals surface area contributed by atoms with E-state index in [0.717, 1.165) is 25.0 Å². The molecule has 3 heteroatoms. The van der Waals surface area contributed by atoms with Gasteiger partial charge in [0.05, 0.1) is 6.10 Å². The third kappa shape index (κ3) is 2.52. The topological polar surface area (TPSA) is 38.5 Å². The largest absolute Gasteiger partial charge is 0.380 e. The lowest BCUT2D eigenvalue weighted by Gasteiger charge is -2.38. The SMILES string of the molecule is COC1CCCN(C2CCCC2CN)C1. The molecule has 0 aromatic carbocycles. The second kappa shape index (κ2) is 5.28. The number of rotatable bonds is 3. The van der Waals surface area contributed by atoms with Crippen molar-refractivity contribution in [2.75, 3.05) is 26.7 Å². The second-order valence-corrected chi connectivity index (χ2v) is 4.99. The predicted octanol–water partition coefficient (Wildman–Crippen LogP) is 1.22. The molecule has 2 aliphatic rings. The number of ether oxygens (including phenoxy) is 1. The van der Waals surface area contributed by atoms with E-state index in [0.29, 0.717) is 6.10 Å². The molecular weight excluding hydrogens is 188 g/mol. The number of nitrogens with zero attached hydrogens (tertiary/aromatic N) is 1.